The molecule has 1 N–H and O–H groups in total. The van der Waals surface area contributed by atoms with Gasteiger partial charge in [0.1, 0.15) is 5.70 Å². The van der Waals surface area contributed by atoms with Gasteiger partial charge in [-0.05, 0) is 54.8 Å². The largest absolute Gasteiger partial charge is 0.493 e. The molecule has 2 aromatic carbocycles. The molecule has 1 saturated heterocycles. The highest BCUT2D eigenvalue weighted by molar-refractivity contribution is 9.10. The van der Waals surface area contributed by atoms with Crippen LogP contribution < -0.4 is 14.8 Å². The number of carbonyl (C=O) groups is 2. The van der Waals surface area contributed by atoms with E-state index in [9.17, 15) is 9.59 Å². The molecule has 6 nitrogen and oxygen atoms in total. The van der Waals surface area contributed by atoms with Crippen molar-refractivity contribution < 1.29 is 19.1 Å². The van der Waals surface area contributed by atoms with E-state index < -0.39 is 6.03 Å². The average Bonchev–Trinajstić information content (AvgIpc) is 2.97. The minimum atomic E-state index is -0.437. The highest BCUT2D eigenvalue weighted by Crippen LogP contribution is 2.30. The lowest BCUT2D eigenvalue weighted by atomic mass is 10.1. The summed E-state index contributed by atoms with van der Waals surface area (Å²) in [4.78, 5) is 26.2. The molecule has 1 fully saturated rings. The zero-order valence-corrected chi connectivity index (χ0v) is 18.2. The molecule has 0 saturated carbocycles. The monoisotopic (exact) mass is 458 g/mol. The van der Waals surface area contributed by atoms with E-state index in [0.29, 0.717) is 11.5 Å². The van der Waals surface area contributed by atoms with Crippen LogP contribution in [0.2, 0.25) is 0 Å². The van der Waals surface area contributed by atoms with Crippen LogP contribution in [0.15, 0.2) is 52.6 Å². The molecule has 0 aromatic heterocycles. The summed E-state index contributed by atoms with van der Waals surface area (Å²) in [6, 6.07) is 12.5. The summed E-state index contributed by atoms with van der Waals surface area (Å²) < 4.78 is 12.2. The molecule has 1 aliphatic heterocycles. The lowest BCUT2D eigenvalue weighted by Gasteiger charge is -2.15. The Balaban J connectivity index is 1.79. The molecule has 0 radical (unpaired) electrons. The van der Waals surface area contributed by atoms with Crippen molar-refractivity contribution in [1.29, 1.82) is 0 Å². The Morgan fingerprint density at radius 1 is 1.14 bits per heavy atom. The van der Waals surface area contributed by atoms with Crippen molar-refractivity contribution >= 4 is 33.9 Å². The quantitative estimate of drug-likeness (QED) is 0.480. The van der Waals surface area contributed by atoms with Crippen molar-refractivity contribution in [3.63, 3.8) is 0 Å². The number of benzene rings is 2. The Kier molecular flexibility index (Phi) is 6.59. The van der Waals surface area contributed by atoms with E-state index in [4.69, 9.17) is 9.47 Å². The minimum Gasteiger partial charge on any atom is -0.493 e. The molecule has 7 heteroatoms. The lowest BCUT2D eigenvalue weighted by Crippen LogP contribution is -2.30. The zero-order chi connectivity index (χ0) is 21.0. The van der Waals surface area contributed by atoms with Crippen molar-refractivity contribution in [3.05, 3.63) is 63.8 Å². The van der Waals surface area contributed by atoms with E-state index in [1.807, 2.05) is 44.2 Å². The van der Waals surface area contributed by atoms with Crippen LogP contribution in [0.1, 0.15) is 31.4 Å². The lowest BCUT2D eigenvalue weighted by molar-refractivity contribution is -0.123. The van der Waals surface area contributed by atoms with Crippen LogP contribution in [0.3, 0.4) is 0 Å². The summed E-state index contributed by atoms with van der Waals surface area (Å²) in [6.07, 6.45) is 2.58. The Morgan fingerprint density at radius 2 is 1.86 bits per heavy atom. The van der Waals surface area contributed by atoms with Gasteiger partial charge in [0.25, 0.3) is 5.91 Å². The number of methoxy groups -OCH3 is 1. The molecule has 1 heterocycles. The van der Waals surface area contributed by atoms with Gasteiger partial charge in [-0.3, -0.25) is 9.69 Å². The number of amides is 3. The number of ether oxygens (including phenoxy) is 2. The molecule has 3 amide bonds. The fourth-order valence-electron chi connectivity index (χ4n) is 2.83. The van der Waals surface area contributed by atoms with E-state index in [1.54, 1.807) is 25.3 Å². The maximum absolute atomic E-state index is 12.7. The highest BCUT2D eigenvalue weighted by atomic mass is 79.9. The molecule has 0 spiro atoms. The van der Waals surface area contributed by atoms with Crippen LogP contribution in [-0.2, 0) is 11.3 Å². The van der Waals surface area contributed by atoms with Crippen molar-refractivity contribution in [2.24, 2.45) is 0 Å². The number of nitrogens with zero attached hydrogens (tertiary/aromatic N) is 1. The second-order valence-electron chi connectivity index (χ2n) is 6.75. The molecule has 0 aliphatic carbocycles. The Morgan fingerprint density at radius 3 is 2.52 bits per heavy atom. The number of urea groups is 1. The first kappa shape index (κ1) is 20.9. The fraction of sp³-hybridized carbons (Fsp3) is 0.273. The minimum absolute atomic E-state index is 0.0657. The van der Waals surface area contributed by atoms with Crippen LogP contribution in [0, 0.1) is 0 Å². The van der Waals surface area contributed by atoms with Crippen LogP contribution >= 0.6 is 15.9 Å². The van der Waals surface area contributed by atoms with E-state index in [1.165, 1.54) is 4.90 Å². The van der Waals surface area contributed by atoms with Gasteiger partial charge >= 0.3 is 6.03 Å². The van der Waals surface area contributed by atoms with Crippen LogP contribution in [0.25, 0.3) is 6.08 Å². The second-order valence-corrected chi connectivity index (χ2v) is 7.67. The van der Waals surface area contributed by atoms with Gasteiger partial charge in [-0.25, -0.2) is 4.79 Å². The number of imide groups is 1. The Labute approximate surface area is 178 Å². The summed E-state index contributed by atoms with van der Waals surface area (Å²) in [7, 11) is 1.57. The van der Waals surface area contributed by atoms with Gasteiger partial charge in [0.2, 0.25) is 0 Å². The summed E-state index contributed by atoms with van der Waals surface area (Å²) >= 11 is 3.37. The third-order valence-corrected chi connectivity index (χ3v) is 5.15. The summed E-state index contributed by atoms with van der Waals surface area (Å²) in [5, 5.41) is 2.64. The molecule has 29 heavy (non-hydrogen) atoms. The molecular formula is C22H23BrN2O4. The number of halogens is 1. The first-order valence-corrected chi connectivity index (χ1v) is 10.1. The van der Waals surface area contributed by atoms with Crippen molar-refractivity contribution in [2.45, 2.75) is 32.9 Å². The number of hydrogen-bond donors (Lipinski definition) is 1. The summed E-state index contributed by atoms with van der Waals surface area (Å²) in [5.41, 5.74) is 1.82. The molecule has 3 rings (SSSR count). The first-order valence-electron chi connectivity index (χ1n) is 9.35. The SMILES string of the molecule is CC[C@@H](C)Oc1ccc(/C=C2\NC(=O)N(Cc3ccc(Br)cc3)C2=O)cc1OC. The van der Waals surface area contributed by atoms with Crippen molar-refractivity contribution in [1.82, 2.24) is 10.2 Å². The smallest absolute Gasteiger partial charge is 0.329 e. The average molecular weight is 459 g/mol. The number of carbonyl (C=O) groups excluding carboxylic acids is 2. The predicted octanol–water partition coefficient (Wildman–Crippen LogP) is 4.73. The zero-order valence-electron chi connectivity index (χ0n) is 16.6. The number of hydrogen-bond acceptors (Lipinski definition) is 4. The topological polar surface area (TPSA) is 67.9 Å². The van der Waals surface area contributed by atoms with Gasteiger partial charge in [0.05, 0.1) is 19.8 Å². The molecule has 1 aliphatic rings. The van der Waals surface area contributed by atoms with Gasteiger partial charge in [0, 0.05) is 4.47 Å². The van der Waals surface area contributed by atoms with Crippen LogP contribution in [-0.4, -0.2) is 30.1 Å². The summed E-state index contributed by atoms with van der Waals surface area (Å²) in [5.74, 6) is 0.850. The second kappa shape index (κ2) is 9.13. The summed E-state index contributed by atoms with van der Waals surface area (Å²) in [6.45, 7) is 4.24. The number of nitrogens with one attached hydrogen (secondary N) is 1. The van der Waals surface area contributed by atoms with Gasteiger partial charge in [-0.1, -0.05) is 41.1 Å². The van der Waals surface area contributed by atoms with Gasteiger partial charge in [-0.15, -0.1) is 0 Å². The molecule has 2 aromatic rings. The van der Waals surface area contributed by atoms with Crippen molar-refractivity contribution in [3.8, 4) is 11.5 Å². The molecule has 1 atom stereocenters. The molecule has 0 unspecified atom stereocenters. The fourth-order valence-corrected chi connectivity index (χ4v) is 3.09. The van der Waals surface area contributed by atoms with Crippen LogP contribution in [0.4, 0.5) is 4.79 Å². The van der Waals surface area contributed by atoms with E-state index in [2.05, 4.69) is 21.2 Å². The first-order chi connectivity index (χ1) is 13.9. The predicted molar refractivity (Wildman–Crippen MR) is 115 cm³/mol. The third-order valence-electron chi connectivity index (χ3n) is 4.62. The van der Waals surface area contributed by atoms with Gasteiger partial charge in [-0.2, -0.15) is 0 Å². The van der Waals surface area contributed by atoms with Crippen LogP contribution in [0.5, 0.6) is 11.5 Å². The maximum atomic E-state index is 12.7. The van der Waals surface area contributed by atoms with Gasteiger partial charge < -0.3 is 14.8 Å². The standard InChI is InChI=1S/C22H23BrN2O4/c1-4-14(2)29-19-10-7-16(12-20(19)28-3)11-18-21(26)25(22(27)24-18)13-15-5-8-17(23)9-6-15/h5-12,14H,4,13H2,1-3H3,(H,24,27)/b18-11-/t14-/m1/s1. The molecule has 0 bridgehead atoms. The van der Waals surface area contributed by atoms with Crippen molar-refractivity contribution in [2.75, 3.05) is 7.11 Å². The Hall–Kier alpha value is -2.80. The van der Waals surface area contributed by atoms with E-state index in [-0.39, 0.29) is 24.3 Å². The van der Waals surface area contributed by atoms with E-state index >= 15 is 0 Å². The molecule has 152 valence electrons. The highest BCUT2D eigenvalue weighted by Gasteiger charge is 2.33. The van der Waals surface area contributed by atoms with Gasteiger partial charge in [0.15, 0.2) is 11.5 Å². The Bertz CT molecular complexity index is 940. The van der Waals surface area contributed by atoms with E-state index in [0.717, 1.165) is 22.0 Å². The number of rotatable bonds is 7. The molecular weight excluding hydrogens is 436 g/mol. The maximum Gasteiger partial charge on any atom is 0.329 e. The third kappa shape index (κ3) is 4.98. The normalized spacial score (nSPS) is 16.1.